The van der Waals surface area contributed by atoms with Crippen LogP contribution < -0.4 is 5.48 Å². The maximum absolute atomic E-state index is 11.3. The molecule has 1 aromatic rings. The van der Waals surface area contributed by atoms with Gasteiger partial charge in [-0.2, -0.15) is 0 Å². The molecule has 0 bridgehead atoms. The highest BCUT2D eigenvalue weighted by Crippen LogP contribution is 2.14. The van der Waals surface area contributed by atoms with Gasteiger partial charge in [0.15, 0.2) is 0 Å². The lowest BCUT2D eigenvalue weighted by Crippen LogP contribution is -2.20. The molecule has 0 aromatic heterocycles. The van der Waals surface area contributed by atoms with Crippen LogP contribution in [0.1, 0.15) is 13.0 Å². The quantitative estimate of drug-likeness (QED) is 0.528. The lowest BCUT2D eigenvalue weighted by atomic mass is 10.2. The van der Waals surface area contributed by atoms with Gasteiger partial charge in [0.05, 0.1) is 14.2 Å². The first-order valence-electron chi connectivity index (χ1n) is 4.52. The van der Waals surface area contributed by atoms with Gasteiger partial charge >= 0.3 is 5.97 Å². The van der Waals surface area contributed by atoms with Crippen molar-refractivity contribution in [3.8, 4) is 0 Å². The van der Waals surface area contributed by atoms with Crippen LogP contribution in [-0.4, -0.2) is 20.2 Å². The molecule has 5 heteroatoms. The number of rotatable bonds is 4. The fourth-order valence-corrected chi connectivity index (χ4v) is 1.53. The molecule has 0 saturated heterocycles. The van der Waals surface area contributed by atoms with E-state index < -0.39 is 5.97 Å². The van der Waals surface area contributed by atoms with Crippen molar-refractivity contribution in [1.82, 2.24) is 5.48 Å². The van der Waals surface area contributed by atoms with E-state index in [-0.39, 0.29) is 13.1 Å². The van der Waals surface area contributed by atoms with Crippen molar-refractivity contribution >= 4 is 28.0 Å². The smallest absolute Gasteiger partial charge is 0.356 e. The molecular weight excluding hydrogens is 286 g/mol. The van der Waals surface area contributed by atoms with E-state index in [1.54, 1.807) is 6.08 Å². The highest BCUT2D eigenvalue weighted by Gasteiger charge is 2.08. The van der Waals surface area contributed by atoms with Crippen molar-refractivity contribution in [3.05, 3.63) is 40.0 Å². The molecule has 1 aromatic carbocycles. The van der Waals surface area contributed by atoms with Crippen LogP contribution in [0.15, 0.2) is 34.4 Å². The van der Waals surface area contributed by atoms with Crippen molar-refractivity contribution in [2.24, 2.45) is 0 Å². The summed E-state index contributed by atoms with van der Waals surface area (Å²) in [5, 5.41) is 0. The Balaban J connectivity index is 0.00000256. The Morgan fingerprint density at radius 3 is 2.65 bits per heavy atom. The molecule has 1 N–H and O–H groups in total. The molecule has 0 heterocycles. The molecule has 0 unspecified atom stereocenters. The van der Waals surface area contributed by atoms with E-state index in [4.69, 9.17) is 4.84 Å². The van der Waals surface area contributed by atoms with E-state index in [1.165, 1.54) is 14.2 Å². The zero-order chi connectivity index (χ0) is 12.0. The number of methoxy groups -OCH3 is 1. The van der Waals surface area contributed by atoms with Crippen molar-refractivity contribution < 1.29 is 14.4 Å². The van der Waals surface area contributed by atoms with Crippen molar-refractivity contribution in [1.29, 1.82) is 0 Å². The van der Waals surface area contributed by atoms with Crippen LogP contribution in [0.25, 0.3) is 6.08 Å². The van der Waals surface area contributed by atoms with Crippen LogP contribution in [0.3, 0.4) is 0 Å². The summed E-state index contributed by atoms with van der Waals surface area (Å²) in [6.45, 7) is 0. The molecule has 0 fully saturated rings. The minimum absolute atomic E-state index is 0. The molecule has 1 rings (SSSR count). The highest BCUT2D eigenvalue weighted by molar-refractivity contribution is 9.10. The van der Waals surface area contributed by atoms with Gasteiger partial charge in [-0.05, 0) is 23.8 Å². The van der Waals surface area contributed by atoms with Crippen molar-refractivity contribution in [3.63, 3.8) is 0 Å². The van der Waals surface area contributed by atoms with Gasteiger partial charge in [0.1, 0.15) is 5.70 Å². The zero-order valence-electron chi connectivity index (χ0n) is 8.99. The Bertz CT molecular complexity index is 404. The highest BCUT2D eigenvalue weighted by atomic mass is 79.9. The number of hydrogen-bond donors (Lipinski definition) is 1. The second kappa shape index (κ2) is 7.86. The van der Waals surface area contributed by atoms with Gasteiger partial charge in [0.2, 0.25) is 0 Å². The van der Waals surface area contributed by atoms with Gasteiger partial charge < -0.3 is 4.74 Å². The summed E-state index contributed by atoms with van der Waals surface area (Å²) in [5.74, 6) is -0.484. The minimum Gasteiger partial charge on any atom is -0.464 e. The van der Waals surface area contributed by atoms with Crippen LogP contribution in [0.2, 0.25) is 0 Å². The van der Waals surface area contributed by atoms with Crippen LogP contribution in [0.5, 0.6) is 0 Å². The summed E-state index contributed by atoms with van der Waals surface area (Å²) in [5.41, 5.74) is 3.57. The number of ether oxygens (including phenoxy) is 1. The first-order chi connectivity index (χ1) is 7.67. The predicted octanol–water partition coefficient (Wildman–Crippen LogP) is 2.75. The molecule has 0 aliphatic rings. The topological polar surface area (TPSA) is 47.6 Å². The molecule has 0 spiro atoms. The number of hydrogen-bond acceptors (Lipinski definition) is 4. The normalized spacial score (nSPS) is 10.4. The third kappa shape index (κ3) is 5.01. The van der Waals surface area contributed by atoms with E-state index in [9.17, 15) is 4.79 Å². The maximum atomic E-state index is 11.3. The fourth-order valence-electron chi connectivity index (χ4n) is 1.11. The Morgan fingerprint density at radius 1 is 1.41 bits per heavy atom. The average molecular weight is 302 g/mol. The second-order valence-corrected chi connectivity index (χ2v) is 3.83. The molecule has 0 amide bonds. The van der Waals surface area contributed by atoms with E-state index in [1.807, 2.05) is 24.3 Å². The average Bonchev–Trinajstić information content (AvgIpc) is 2.27. The monoisotopic (exact) mass is 301 g/mol. The first-order valence-corrected chi connectivity index (χ1v) is 5.31. The van der Waals surface area contributed by atoms with Gasteiger partial charge in [0, 0.05) is 4.47 Å². The molecule has 17 heavy (non-hydrogen) atoms. The lowest BCUT2D eigenvalue weighted by Gasteiger charge is -2.06. The number of benzene rings is 1. The van der Waals surface area contributed by atoms with Gasteiger partial charge in [-0.3, -0.25) is 10.3 Å². The second-order valence-electron chi connectivity index (χ2n) is 2.91. The van der Waals surface area contributed by atoms with Crippen LogP contribution in [0.4, 0.5) is 0 Å². The number of carbonyl (C=O) groups is 1. The number of hydroxylamine groups is 1. The van der Waals surface area contributed by atoms with Gasteiger partial charge in [-0.1, -0.05) is 35.5 Å². The summed E-state index contributed by atoms with van der Waals surface area (Å²) >= 11 is 3.35. The van der Waals surface area contributed by atoms with Gasteiger partial charge in [-0.25, -0.2) is 4.79 Å². The number of esters is 1. The summed E-state index contributed by atoms with van der Waals surface area (Å²) in [6.07, 6.45) is 1.64. The third-order valence-corrected chi connectivity index (χ3v) is 2.27. The van der Waals surface area contributed by atoms with Crippen molar-refractivity contribution in [2.45, 2.75) is 7.43 Å². The molecule has 0 aliphatic carbocycles. The molecular formula is C12H16BrNO3. The molecule has 94 valence electrons. The predicted molar refractivity (Wildman–Crippen MR) is 71.0 cm³/mol. The Morgan fingerprint density at radius 2 is 2.12 bits per heavy atom. The fraction of sp³-hybridized carbons (Fsp3) is 0.250. The Labute approximate surface area is 110 Å². The standard InChI is InChI=1S/C11H12BrNO3.CH4/c1-15-11(14)10(13-16-2)7-8-4-3-5-9(12)6-8;/h3-7,13H,1-2H3;1H4/b10-7-;. The van der Waals surface area contributed by atoms with Gasteiger partial charge in [0.25, 0.3) is 0 Å². The molecule has 0 atom stereocenters. The summed E-state index contributed by atoms with van der Waals surface area (Å²) < 4.78 is 5.54. The van der Waals surface area contributed by atoms with Crippen LogP contribution in [0, 0.1) is 0 Å². The zero-order valence-corrected chi connectivity index (χ0v) is 10.6. The van der Waals surface area contributed by atoms with Crippen LogP contribution >= 0.6 is 15.9 Å². The number of halogens is 1. The van der Waals surface area contributed by atoms with E-state index in [0.717, 1.165) is 10.0 Å². The SMILES string of the molecule is C.CON/C(=C\c1cccc(Br)c1)C(=O)OC. The van der Waals surface area contributed by atoms with Crippen LogP contribution in [-0.2, 0) is 14.4 Å². The Hall–Kier alpha value is -1.33. The first kappa shape index (κ1) is 15.7. The molecule has 4 nitrogen and oxygen atoms in total. The number of carbonyl (C=O) groups excluding carboxylic acids is 1. The largest absolute Gasteiger partial charge is 0.464 e. The number of nitrogens with one attached hydrogen (secondary N) is 1. The lowest BCUT2D eigenvalue weighted by molar-refractivity contribution is -0.137. The van der Waals surface area contributed by atoms with E-state index >= 15 is 0 Å². The third-order valence-electron chi connectivity index (χ3n) is 1.78. The molecule has 0 saturated carbocycles. The maximum Gasteiger partial charge on any atom is 0.356 e. The summed E-state index contributed by atoms with van der Waals surface area (Å²) in [7, 11) is 2.74. The molecule has 0 radical (unpaired) electrons. The van der Waals surface area contributed by atoms with Gasteiger partial charge in [-0.15, -0.1) is 0 Å². The minimum atomic E-state index is -0.484. The summed E-state index contributed by atoms with van der Waals surface area (Å²) in [6, 6.07) is 7.52. The van der Waals surface area contributed by atoms with E-state index in [0.29, 0.717) is 0 Å². The van der Waals surface area contributed by atoms with Crippen molar-refractivity contribution in [2.75, 3.05) is 14.2 Å². The summed E-state index contributed by atoms with van der Waals surface area (Å²) in [4.78, 5) is 16.0. The van der Waals surface area contributed by atoms with E-state index in [2.05, 4.69) is 26.1 Å². The Kier molecular flexibility index (Phi) is 7.25. The molecule has 0 aliphatic heterocycles.